The molecule has 2 aliphatic heterocycles. The van der Waals surface area contributed by atoms with Crippen LogP contribution in [0.5, 0.6) is 17.4 Å². The molecule has 4 heterocycles. The number of carbonyl (C=O) groups is 5. The van der Waals surface area contributed by atoms with E-state index in [0.29, 0.717) is 60.4 Å². The van der Waals surface area contributed by atoms with Crippen LogP contribution in [-0.4, -0.2) is 113 Å². The molecule has 1 aromatic carbocycles. The molecule has 2 aliphatic carbocycles. The lowest BCUT2D eigenvalue weighted by atomic mass is 10.0. The number of nitrogens with zero attached hydrogens (tertiary/aromatic N) is 4. The smallest absolute Gasteiger partial charge is 0.272 e. The van der Waals surface area contributed by atoms with Gasteiger partial charge in [-0.3, -0.25) is 33.4 Å². The maximum atomic E-state index is 14.9. The molecule has 19 heteroatoms. The van der Waals surface area contributed by atoms with Crippen LogP contribution in [0.2, 0.25) is 0 Å². The molecule has 3 aromatic rings. The highest BCUT2D eigenvalue weighted by Crippen LogP contribution is 2.47. The topological polar surface area (TPSA) is 229 Å². The van der Waals surface area contributed by atoms with Gasteiger partial charge < -0.3 is 35.1 Å². The Morgan fingerprint density at radius 1 is 1.08 bits per heavy atom. The zero-order valence-electron chi connectivity index (χ0n) is 36.0. The van der Waals surface area contributed by atoms with E-state index >= 15 is 0 Å². The number of hydrogen-bond acceptors (Lipinski definition) is 12. The van der Waals surface area contributed by atoms with Gasteiger partial charge in [0.25, 0.3) is 11.8 Å². The zero-order valence-corrected chi connectivity index (χ0v) is 36.8. The standard InChI is InChI=1S/C43H56N8O10S/c1-25(2)60-36-21-34(29-14-15-33(59-6)26(3)37(29)46-36)61-28-20-32-39(54)47-43(41(56)49-62(57,58)42(4)17-18-42)22-27(43)12-10-8-7-9-11-13-31(40(55)51(32)23-28)45-38(53)30-16-19-50(48-30)24-35(52)44-5/h10,12,14-16,19,21,25,27-28,31-32H,7-9,11,13,17-18,20,22-24H2,1-6H3,(H,44,52)(H,45,53)(H,47,54)(H,49,56)/b12-10-/t27?,28-,31+,32?,43?/m1/s1. The first kappa shape index (κ1) is 44.3. The fourth-order valence-corrected chi connectivity index (χ4v) is 9.44. The Balaban J connectivity index is 1.22. The van der Waals surface area contributed by atoms with E-state index in [4.69, 9.17) is 19.2 Å². The average Bonchev–Trinajstić information content (AvgIpc) is 4.01. The van der Waals surface area contributed by atoms with Crippen LogP contribution in [0.1, 0.15) is 94.6 Å². The molecule has 5 atom stereocenters. The molecule has 3 fully saturated rings. The van der Waals surface area contributed by atoms with Crippen LogP contribution in [-0.2, 0) is 35.7 Å². The third kappa shape index (κ3) is 9.22. The molecule has 4 N–H and O–H groups in total. The summed E-state index contributed by atoms with van der Waals surface area (Å²) in [7, 11) is -0.975. The predicted octanol–water partition coefficient (Wildman–Crippen LogP) is 2.82. The van der Waals surface area contributed by atoms with Crippen molar-refractivity contribution in [3.05, 3.63) is 53.9 Å². The summed E-state index contributed by atoms with van der Waals surface area (Å²) in [6.45, 7) is 7.02. The number of pyridine rings is 1. The van der Waals surface area contributed by atoms with Crippen LogP contribution >= 0.6 is 0 Å². The van der Waals surface area contributed by atoms with Crippen LogP contribution < -0.4 is 34.9 Å². The molecular formula is C43H56N8O10S. The molecule has 5 amide bonds. The first-order valence-corrected chi connectivity index (χ1v) is 22.7. The highest BCUT2D eigenvalue weighted by atomic mass is 32.2. The SMILES string of the molecule is CNC(=O)Cn1ccc(C(=O)N[C@H]2CCCCC/C=C\C3CC3(C(=O)NS(=O)(=O)C3(C)CC3)NC(=O)C3C[C@@H](Oc4cc(OC(C)C)nc5c(C)c(OC)ccc45)CN3C2=O)n1. The number of nitrogens with one attached hydrogen (secondary N) is 4. The first-order valence-electron chi connectivity index (χ1n) is 21.2. The number of hydrogen-bond donors (Lipinski definition) is 4. The third-order valence-corrected chi connectivity index (χ3v) is 14.4. The van der Waals surface area contributed by atoms with Gasteiger partial charge in [-0.25, -0.2) is 13.4 Å². The van der Waals surface area contributed by atoms with Crippen molar-refractivity contribution in [2.45, 2.75) is 127 Å². The second-order valence-corrected chi connectivity index (χ2v) is 19.4. The largest absolute Gasteiger partial charge is 0.496 e. The Morgan fingerprint density at radius 2 is 1.85 bits per heavy atom. The van der Waals surface area contributed by atoms with Gasteiger partial charge in [0.15, 0.2) is 0 Å². The molecule has 4 aliphatic rings. The van der Waals surface area contributed by atoms with Gasteiger partial charge in [-0.15, -0.1) is 0 Å². The van der Waals surface area contributed by atoms with Gasteiger partial charge in [-0.2, -0.15) is 5.10 Å². The first-order chi connectivity index (χ1) is 29.5. The molecule has 1 saturated heterocycles. The van der Waals surface area contributed by atoms with Gasteiger partial charge in [-0.05, 0) is 84.4 Å². The number of fused-ring (bicyclic) bond motifs is 3. The van der Waals surface area contributed by atoms with Crippen LogP contribution in [0.3, 0.4) is 0 Å². The van der Waals surface area contributed by atoms with Crippen LogP contribution in [0.4, 0.5) is 0 Å². The fraction of sp³-hybridized carbons (Fsp3) is 0.558. The molecule has 334 valence electrons. The number of likely N-dealkylation sites (N-methyl/N-ethyl adjacent to an activating group) is 1. The van der Waals surface area contributed by atoms with E-state index in [-0.39, 0.29) is 50.1 Å². The summed E-state index contributed by atoms with van der Waals surface area (Å²) < 4.78 is 47.3. The number of ether oxygens (including phenoxy) is 3. The number of rotatable bonds is 12. The minimum atomic E-state index is -4.03. The molecule has 18 nitrogen and oxygen atoms in total. The van der Waals surface area contributed by atoms with Crippen LogP contribution in [0.15, 0.2) is 42.6 Å². The molecule has 62 heavy (non-hydrogen) atoms. The van der Waals surface area contributed by atoms with Crippen molar-refractivity contribution in [1.29, 1.82) is 0 Å². The lowest BCUT2D eigenvalue weighted by molar-refractivity contribution is -0.141. The average molecular weight is 877 g/mol. The summed E-state index contributed by atoms with van der Waals surface area (Å²) in [5, 5.41) is 13.1. The van der Waals surface area contributed by atoms with Crippen LogP contribution in [0, 0.1) is 12.8 Å². The number of benzene rings is 1. The summed E-state index contributed by atoms with van der Waals surface area (Å²) in [4.78, 5) is 75.3. The van der Waals surface area contributed by atoms with Gasteiger partial charge >= 0.3 is 0 Å². The summed E-state index contributed by atoms with van der Waals surface area (Å²) in [6.07, 6.45) is 8.22. The molecule has 3 unspecified atom stereocenters. The maximum Gasteiger partial charge on any atom is 0.272 e. The Kier molecular flexibility index (Phi) is 12.6. The van der Waals surface area contributed by atoms with Crippen molar-refractivity contribution in [1.82, 2.24) is 40.3 Å². The van der Waals surface area contributed by atoms with Crippen molar-refractivity contribution in [2.24, 2.45) is 5.92 Å². The van der Waals surface area contributed by atoms with Gasteiger partial charge in [0, 0.05) is 42.6 Å². The molecule has 2 saturated carbocycles. The number of aromatic nitrogens is 3. The summed E-state index contributed by atoms with van der Waals surface area (Å²) in [6, 6.07) is 4.47. The van der Waals surface area contributed by atoms with Crippen molar-refractivity contribution >= 4 is 50.5 Å². The Hall–Kier alpha value is -5.72. The molecule has 0 spiro atoms. The van der Waals surface area contributed by atoms with E-state index in [9.17, 15) is 32.4 Å². The summed E-state index contributed by atoms with van der Waals surface area (Å²) in [5.41, 5.74) is -0.236. The second-order valence-electron chi connectivity index (χ2n) is 17.2. The number of allylic oxidation sites excluding steroid dienone is 1. The maximum absolute atomic E-state index is 14.9. The molecule has 2 aromatic heterocycles. The van der Waals surface area contributed by atoms with E-state index in [0.717, 1.165) is 12.0 Å². The summed E-state index contributed by atoms with van der Waals surface area (Å²) in [5.74, 6) is -2.14. The normalized spacial score (nSPS) is 25.3. The Morgan fingerprint density at radius 3 is 2.56 bits per heavy atom. The van der Waals surface area contributed by atoms with Crippen LogP contribution in [0.25, 0.3) is 10.9 Å². The second kappa shape index (κ2) is 17.6. The summed E-state index contributed by atoms with van der Waals surface area (Å²) >= 11 is 0. The minimum Gasteiger partial charge on any atom is -0.496 e. The molecule has 0 radical (unpaired) electrons. The third-order valence-electron chi connectivity index (χ3n) is 12.2. The number of methoxy groups -OCH3 is 1. The highest BCUT2D eigenvalue weighted by Gasteiger charge is 2.63. The molecular weight excluding hydrogens is 821 g/mol. The van der Waals surface area contributed by atoms with E-state index in [1.165, 1.54) is 28.9 Å². The van der Waals surface area contributed by atoms with E-state index in [2.05, 4.69) is 25.8 Å². The number of amides is 5. The zero-order chi connectivity index (χ0) is 44.6. The number of aryl methyl sites for hydroxylation is 1. The fourth-order valence-electron chi connectivity index (χ4n) is 8.13. The number of carbonyl (C=O) groups excluding carboxylic acids is 5. The van der Waals surface area contributed by atoms with E-state index < -0.39 is 68.0 Å². The highest BCUT2D eigenvalue weighted by molar-refractivity contribution is 7.91. The quantitative estimate of drug-likeness (QED) is 0.193. The predicted molar refractivity (Wildman–Crippen MR) is 227 cm³/mol. The van der Waals surface area contributed by atoms with Gasteiger partial charge in [-0.1, -0.05) is 25.0 Å². The molecule has 0 bridgehead atoms. The lowest BCUT2D eigenvalue weighted by Gasteiger charge is -2.30. The lowest BCUT2D eigenvalue weighted by Crippen LogP contribution is -2.58. The van der Waals surface area contributed by atoms with Gasteiger partial charge in [0.05, 0.1) is 30.0 Å². The van der Waals surface area contributed by atoms with Crippen molar-refractivity contribution in [3.8, 4) is 17.4 Å². The van der Waals surface area contributed by atoms with Gasteiger partial charge in [0.1, 0.15) is 47.5 Å². The van der Waals surface area contributed by atoms with E-state index in [1.54, 1.807) is 26.2 Å². The Labute approximate surface area is 360 Å². The Bertz CT molecular complexity index is 2400. The van der Waals surface area contributed by atoms with Crippen molar-refractivity contribution in [3.63, 3.8) is 0 Å². The van der Waals surface area contributed by atoms with Gasteiger partial charge in [0.2, 0.25) is 33.6 Å². The van der Waals surface area contributed by atoms with Crippen molar-refractivity contribution < 1.29 is 46.6 Å². The molecule has 7 rings (SSSR count). The minimum absolute atomic E-state index is 0.00157. The van der Waals surface area contributed by atoms with Crippen molar-refractivity contribution in [2.75, 3.05) is 20.7 Å². The monoisotopic (exact) mass is 876 g/mol. The van der Waals surface area contributed by atoms with E-state index in [1.807, 2.05) is 39.0 Å². The number of sulfonamides is 1.